The Balaban J connectivity index is 1.16. The van der Waals surface area contributed by atoms with E-state index >= 15 is 0 Å². The second-order valence-electron chi connectivity index (χ2n) is 8.91. The molecule has 1 amide bonds. The number of unbranched alkanes of at least 4 members (excludes halogenated alkanes) is 2. The zero-order valence-corrected chi connectivity index (χ0v) is 21.5. The van der Waals surface area contributed by atoms with E-state index in [1.165, 1.54) is 29.1 Å². The molecule has 1 fully saturated rings. The van der Waals surface area contributed by atoms with Gasteiger partial charge in [0, 0.05) is 11.5 Å². The summed E-state index contributed by atoms with van der Waals surface area (Å²) >= 11 is 0. The highest BCUT2D eigenvalue weighted by Gasteiger charge is 2.48. The summed E-state index contributed by atoms with van der Waals surface area (Å²) in [5, 5.41) is 22.8. The van der Waals surface area contributed by atoms with E-state index in [-0.39, 0.29) is 12.2 Å². The lowest BCUT2D eigenvalue weighted by Gasteiger charge is -2.24. The number of phosphoric ester groups is 1. The number of carbonyl (C=O) groups excluding carboxylic acids is 1. The van der Waals surface area contributed by atoms with Crippen LogP contribution in [0.4, 0.5) is 0 Å². The number of hydrogen-bond acceptors (Lipinski definition) is 9. The van der Waals surface area contributed by atoms with Gasteiger partial charge in [-0.05, 0) is 36.8 Å². The van der Waals surface area contributed by atoms with Crippen LogP contribution in [-0.2, 0) is 18.3 Å². The van der Waals surface area contributed by atoms with Crippen LogP contribution < -0.4 is 19.9 Å². The normalized spacial score (nSPS) is 22.8. The molecule has 11 nitrogen and oxygen atoms in total. The molecule has 204 valence electrons. The van der Waals surface area contributed by atoms with Crippen molar-refractivity contribution in [2.45, 2.75) is 43.8 Å². The molecule has 3 aromatic rings. The van der Waals surface area contributed by atoms with E-state index in [0.717, 1.165) is 16.5 Å². The maximum absolute atomic E-state index is 12.1. The number of pyridine rings is 1. The highest BCUT2D eigenvalue weighted by Crippen LogP contribution is 2.40. The van der Waals surface area contributed by atoms with Crippen molar-refractivity contribution in [2.24, 2.45) is 5.73 Å². The second kappa shape index (κ2) is 12.8. The maximum Gasteiger partial charge on any atom is 0.292 e. The molecule has 0 aliphatic carbocycles. The summed E-state index contributed by atoms with van der Waals surface area (Å²) in [6.07, 6.45) is -0.266. The minimum absolute atomic E-state index is 0.0653. The molecule has 1 aliphatic rings. The van der Waals surface area contributed by atoms with Gasteiger partial charge in [-0.2, -0.15) is 4.57 Å². The fourth-order valence-corrected chi connectivity index (χ4v) is 4.93. The molecule has 12 heteroatoms. The van der Waals surface area contributed by atoms with Gasteiger partial charge >= 0.3 is 0 Å². The Hall–Kier alpha value is -2.89. The predicted octanol–water partition coefficient (Wildman–Crippen LogP) is 1.60. The molecule has 1 aliphatic heterocycles. The molecule has 0 radical (unpaired) electrons. The van der Waals surface area contributed by atoms with Gasteiger partial charge in [-0.15, -0.1) is 0 Å². The molecule has 1 unspecified atom stereocenters. The molecule has 0 saturated carbocycles. The first-order valence-corrected chi connectivity index (χ1v) is 13.7. The van der Waals surface area contributed by atoms with Crippen molar-refractivity contribution in [1.29, 1.82) is 0 Å². The van der Waals surface area contributed by atoms with E-state index in [2.05, 4.69) is 0 Å². The fraction of sp³-hybridized carbons (Fsp3) is 0.385. The van der Waals surface area contributed by atoms with Crippen LogP contribution >= 0.6 is 7.82 Å². The first-order chi connectivity index (χ1) is 18.2. The van der Waals surface area contributed by atoms with Crippen LogP contribution in [0.3, 0.4) is 0 Å². The number of carbonyl (C=O) groups is 1. The predicted molar refractivity (Wildman–Crippen MR) is 134 cm³/mol. The summed E-state index contributed by atoms with van der Waals surface area (Å²) in [4.78, 5) is 23.6. The number of amides is 1. The summed E-state index contributed by atoms with van der Waals surface area (Å²) in [5.74, 6) is 0.133. The quantitative estimate of drug-likeness (QED) is 0.164. The maximum atomic E-state index is 12.1. The molecule has 0 spiro atoms. The van der Waals surface area contributed by atoms with E-state index in [1.807, 2.05) is 42.5 Å². The topological polar surface area (TPSA) is 164 Å². The number of nitrogens with two attached hydrogens (primary N) is 1. The standard InChI is InChI=1S/C26H31N2O9P/c27-25(31)19-10-7-13-28(16-19)26-24(30)23(29)22(37-26)17-36-38(32,33)35-15-5-1-4-14-34-21-12-6-9-18-8-2-3-11-20(18)21/h2-3,6-13,16,22-24,26,29-30H,1,4-5,14-15,17H2,(H2-,27,31,32,33)/t22-,23-,24-,26-/m1/s1. The number of ether oxygens (including phenoxy) is 2. The van der Waals surface area contributed by atoms with Crippen molar-refractivity contribution in [2.75, 3.05) is 19.8 Å². The van der Waals surface area contributed by atoms with Gasteiger partial charge in [0.2, 0.25) is 0 Å². The van der Waals surface area contributed by atoms with Crippen LogP contribution in [0.15, 0.2) is 67.0 Å². The third-order valence-electron chi connectivity index (χ3n) is 6.18. The highest BCUT2D eigenvalue weighted by molar-refractivity contribution is 7.45. The molecule has 2 aromatic carbocycles. The summed E-state index contributed by atoms with van der Waals surface area (Å²) < 4.78 is 34.8. The van der Waals surface area contributed by atoms with Gasteiger partial charge in [-0.25, -0.2) is 0 Å². The Morgan fingerprint density at radius 2 is 1.76 bits per heavy atom. The lowest BCUT2D eigenvalue weighted by Crippen LogP contribution is -2.46. The number of phosphoric acid groups is 1. The minimum atomic E-state index is -4.66. The molecule has 1 aromatic heterocycles. The number of hydrogen-bond donors (Lipinski definition) is 3. The van der Waals surface area contributed by atoms with Crippen LogP contribution in [0.5, 0.6) is 5.75 Å². The second-order valence-corrected chi connectivity index (χ2v) is 10.3. The number of nitrogens with zero attached hydrogens (tertiary/aromatic N) is 1. The highest BCUT2D eigenvalue weighted by atomic mass is 31.2. The molecule has 0 bridgehead atoms. The average molecular weight is 547 g/mol. The van der Waals surface area contributed by atoms with E-state index in [1.54, 1.807) is 0 Å². The van der Waals surface area contributed by atoms with Crippen LogP contribution in [0.25, 0.3) is 10.8 Å². The van der Waals surface area contributed by atoms with Crippen molar-refractivity contribution in [3.05, 3.63) is 72.6 Å². The summed E-state index contributed by atoms with van der Waals surface area (Å²) in [7, 11) is -4.66. The van der Waals surface area contributed by atoms with Crippen LogP contribution in [0, 0.1) is 0 Å². The van der Waals surface area contributed by atoms with Gasteiger partial charge in [0.25, 0.3) is 20.0 Å². The lowest BCUT2D eigenvalue weighted by molar-refractivity contribution is -0.765. The molecule has 2 heterocycles. The Morgan fingerprint density at radius 1 is 1.00 bits per heavy atom. The largest absolute Gasteiger partial charge is 0.756 e. The van der Waals surface area contributed by atoms with Crippen LogP contribution in [0.1, 0.15) is 35.8 Å². The Labute approximate surface area is 219 Å². The Morgan fingerprint density at radius 3 is 2.58 bits per heavy atom. The Bertz CT molecular complexity index is 1290. The molecule has 4 N–H and O–H groups in total. The summed E-state index contributed by atoms with van der Waals surface area (Å²) in [6.45, 7) is -0.130. The SMILES string of the molecule is NC(=O)c1ccc[n+]([C@@H]2O[C@H](COP(=O)([O-])OCCCCCOc3cccc4ccccc34)[C@@H](O)[C@H]2O)c1. The zero-order chi connectivity index (χ0) is 27.1. The smallest absolute Gasteiger partial charge is 0.292 e. The van der Waals surface area contributed by atoms with Gasteiger partial charge in [0.05, 0.1) is 19.8 Å². The van der Waals surface area contributed by atoms with E-state index in [0.29, 0.717) is 25.9 Å². The number of aliphatic hydroxyl groups excluding tert-OH is 2. The van der Waals surface area contributed by atoms with Gasteiger partial charge in [-0.1, -0.05) is 36.4 Å². The molecular weight excluding hydrogens is 515 g/mol. The zero-order valence-electron chi connectivity index (χ0n) is 20.6. The molecule has 38 heavy (non-hydrogen) atoms. The van der Waals surface area contributed by atoms with Gasteiger partial charge in [-0.3, -0.25) is 9.36 Å². The fourth-order valence-electron chi connectivity index (χ4n) is 4.17. The molecule has 1 saturated heterocycles. The van der Waals surface area contributed by atoms with Crippen molar-refractivity contribution in [1.82, 2.24) is 0 Å². The van der Waals surface area contributed by atoms with Crippen molar-refractivity contribution in [3.8, 4) is 5.75 Å². The number of benzene rings is 2. The van der Waals surface area contributed by atoms with E-state index in [4.69, 9.17) is 24.3 Å². The van der Waals surface area contributed by atoms with Crippen molar-refractivity contribution >= 4 is 24.5 Å². The Kier molecular flexibility index (Phi) is 9.45. The van der Waals surface area contributed by atoms with E-state index in [9.17, 15) is 24.5 Å². The first-order valence-electron chi connectivity index (χ1n) is 12.3. The third kappa shape index (κ3) is 7.15. The number of aliphatic hydroxyl groups is 2. The number of rotatable bonds is 13. The first kappa shape index (κ1) is 28.1. The van der Waals surface area contributed by atoms with E-state index < -0.39 is 44.9 Å². The average Bonchev–Trinajstić information content (AvgIpc) is 3.20. The van der Waals surface area contributed by atoms with Crippen molar-refractivity contribution in [3.63, 3.8) is 0 Å². The summed E-state index contributed by atoms with van der Waals surface area (Å²) in [5.41, 5.74) is 5.45. The molecular formula is C26H31N2O9P. The monoisotopic (exact) mass is 546 g/mol. The third-order valence-corrected chi connectivity index (χ3v) is 7.14. The van der Waals surface area contributed by atoms with Crippen LogP contribution in [-0.4, -0.2) is 54.3 Å². The number of aromatic nitrogens is 1. The number of primary amides is 1. The minimum Gasteiger partial charge on any atom is -0.756 e. The number of fused-ring (bicyclic) bond motifs is 1. The molecule has 5 atom stereocenters. The van der Waals surface area contributed by atoms with Gasteiger partial charge in [0.15, 0.2) is 18.5 Å². The lowest BCUT2D eigenvalue weighted by atomic mass is 10.1. The van der Waals surface area contributed by atoms with Gasteiger partial charge < -0.3 is 39.4 Å². The van der Waals surface area contributed by atoms with Crippen molar-refractivity contribution < 1.29 is 47.6 Å². The summed E-state index contributed by atoms with van der Waals surface area (Å²) in [6, 6.07) is 16.8. The van der Waals surface area contributed by atoms with Crippen LogP contribution in [0.2, 0.25) is 0 Å². The van der Waals surface area contributed by atoms with Gasteiger partial charge in [0.1, 0.15) is 23.5 Å². The molecule has 4 rings (SSSR count).